The smallest absolute Gasteiger partial charge is 0.328 e. The highest BCUT2D eigenvalue weighted by molar-refractivity contribution is 5.75. The van der Waals surface area contributed by atoms with Crippen LogP contribution in [0.15, 0.2) is 29.1 Å². The van der Waals surface area contributed by atoms with Crippen LogP contribution in [-0.4, -0.2) is 28.6 Å². The van der Waals surface area contributed by atoms with E-state index in [0.29, 0.717) is 13.0 Å². The zero-order valence-corrected chi connectivity index (χ0v) is 11.0. The van der Waals surface area contributed by atoms with Crippen LogP contribution in [0.4, 0.5) is 0 Å². The Hall–Kier alpha value is -1.59. The molecule has 0 aliphatic carbocycles. The molecule has 0 radical (unpaired) electrons. The molecule has 0 unspecified atom stereocenters. The first-order chi connectivity index (χ1) is 9.27. The number of aryl methyl sites for hydroxylation is 2. The molecule has 1 fully saturated rings. The lowest BCUT2D eigenvalue weighted by Crippen LogP contribution is -2.29. The van der Waals surface area contributed by atoms with Gasteiger partial charge >= 0.3 is 5.69 Å². The molecular formula is C14H18N2O3. The Morgan fingerprint density at radius 1 is 1.21 bits per heavy atom. The summed E-state index contributed by atoms with van der Waals surface area (Å²) in [5.74, 6) is 0. The molecule has 0 bridgehead atoms. The number of para-hydroxylation sites is 2. The summed E-state index contributed by atoms with van der Waals surface area (Å²) in [6.07, 6.45) is 1.47. The van der Waals surface area contributed by atoms with Crippen LogP contribution in [0.1, 0.15) is 12.8 Å². The Morgan fingerprint density at radius 3 is 2.63 bits per heavy atom. The average Bonchev–Trinajstić information content (AvgIpc) is 2.71. The highest BCUT2D eigenvalue weighted by Crippen LogP contribution is 2.14. The van der Waals surface area contributed by atoms with E-state index in [4.69, 9.17) is 9.47 Å². The molecule has 2 heterocycles. The normalized spacial score (nSPS) is 17.1. The van der Waals surface area contributed by atoms with Crippen LogP contribution >= 0.6 is 0 Å². The SMILES string of the molecule is Cn1c(=O)n(CCC2OCCCO2)c2ccccc21. The summed E-state index contributed by atoms with van der Waals surface area (Å²) in [7, 11) is 1.80. The fourth-order valence-corrected chi connectivity index (χ4v) is 2.52. The Bertz CT molecular complexity index is 623. The quantitative estimate of drug-likeness (QED) is 0.842. The lowest BCUT2D eigenvalue weighted by atomic mass is 10.3. The molecule has 1 aromatic carbocycles. The van der Waals surface area contributed by atoms with Crippen LogP contribution in [0.5, 0.6) is 0 Å². The van der Waals surface area contributed by atoms with Crippen LogP contribution in [0.3, 0.4) is 0 Å². The van der Waals surface area contributed by atoms with E-state index in [-0.39, 0.29) is 12.0 Å². The van der Waals surface area contributed by atoms with Crippen molar-refractivity contribution in [3.05, 3.63) is 34.7 Å². The van der Waals surface area contributed by atoms with Gasteiger partial charge < -0.3 is 9.47 Å². The number of ether oxygens (including phenoxy) is 2. The number of nitrogens with zero attached hydrogens (tertiary/aromatic N) is 2. The highest BCUT2D eigenvalue weighted by atomic mass is 16.7. The standard InChI is InChI=1S/C14H18N2O3/c1-15-11-5-2-3-6-12(11)16(14(15)17)8-7-13-18-9-4-10-19-13/h2-3,5-6,13H,4,7-10H2,1H3. The molecule has 0 atom stereocenters. The van der Waals surface area contributed by atoms with E-state index in [1.165, 1.54) is 0 Å². The van der Waals surface area contributed by atoms with Crippen molar-refractivity contribution in [2.75, 3.05) is 13.2 Å². The number of aromatic nitrogens is 2. The second kappa shape index (κ2) is 5.19. The van der Waals surface area contributed by atoms with Crippen molar-refractivity contribution < 1.29 is 9.47 Å². The van der Waals surface area contributed by atoms with Crippen LogP contribution < -0.4 is 5.69 Å². The van der Waals surface area contributed by atoms with Crippen LogP contribution in [0.2, 0.25) is 0 Å². The van der Waals surface area contributed by atoms with Gasteiger partial charge in [-0.3, -0.25) is 9.13 Å². The Kier molecular flexibility index (Phi) is 3.40. The van der Waals surface area contributed by atoms with E-state index < -0.39 is 0 Å². The minimum atomic E-state index is -0.181. The fraction of sp³-hybridized carbons (Fsp3) is 0.500. The van der Waals surface area contributed by atoms with Crippen molar-refractivity contribution in [1.29, 1.82) is 0 Å². The minimum Gasteiger partial charge on any atom is -0.353 e. The van der Waals surface area contributed by atoms with Crippen LogP contribution in [0, 0.1) is 0 Å². The average molecular weight is 262 g/mol. The van der Waals surface area contributed by atoms with E-state index in [1.54, 1.807) is 16.2 Å². The van der Waals surface area contributed by atoms with Gasteiger partial charge in [0.15, 0.2) is 6.29 Å². The maximum atomic E-state index is 12.2. The molecule has 1 aromatic heterocycles. The van der Waals surface area contributed by atoms with E-state index in [2.05, 4.69) is 0 Å². The molecule has 1 saturated heterocycles. The monoisotopic (exact) mass is 262 g/mol. The number of benzene rings is 1. The van der Waals surface area contributed by atoms with E-state index in [0.717, 1.165) is 30.7 Å². The summed E-state index contributed by atoms with van der Waals surface area (Å²) >= 11 is 0. The van der Waals surface area contributed by atoms with Gasteiger partial charge in [-0.05, 0) is 18.6 Å². The van der Waals surface area contributed by atoms with E-state index >= 15 is 0 Å². The second-order valence-corrected chi connectivity index (χ2v) is 4.80. The largest absolute Gasteiger partial charge is 0.353 e. The first-order valence-corrected chi connectivity index (χ1v) is 6.65. The highest BCUT2D eigenvalue weighted by Gasteiger charge is 2.16. The fourth-order valence-electron chi connectivity index (χ4n) is 2.52. The molecule has 1 aliphatic rings. The Morgan fingerprint density at radius 2 is 1.89 bits per heavy atom. The molecule has 5 nitrogen and oxygen atoms in total. The summed E-state index contributed by atoms with van der Waals surface area (Å²) in [4.78, 5) is 12.2. The Labute approximate surface area is 111 Å². The van der Waals surface area contributed by atoms with Gasteiger partial charge in [-0.2, -0.15) is 0 Å². The summed E-state index contributed by atoms with van der Waals surface area (Å²) in [6.45, 7) is 2.11. The summed E-state index contributed by atoms with van der Waals surface area (Å²) in [5.41, 5.74) is 1.93. The van der Waals surface area contributed by atoms with Crippen molar-refractivity contribution in [3.8, 4) is 0 Å². The van der Waals surface area contributed by atoms with Crippen LogP contribution in [-0.2, 0) is 23.1 Å². The molecule has 0 spiro atoms. The number of hydrogen-bond acceptors (Lipinski definition) is 3. The lowest BCUT2D eigenvalue weighted by Gasteiger charge is -2.23. The first-order valence-electron chi connectivity index (χ1n) is 6.65. The number of imidazole rings is 1. The molecule has 0 amide bonds. The third-order valence-corrected chi connectivity index (χ3v) is 3.54. The van der Waals surface area contributed by atoms with Gasteiger partial charge in [0.25, 0.3) is 0 Å². The number of hydrogen-bond donors (Lipinski definition) is 0. The maximum Gasteiger partial charge on any atom is 0.328 e. The third-order valence-electron chi connectivity index (χ3n) is 3.54. The molecule has 3 rings (SSSR count). The molecule has 19 heavy (non-hydrogen) atoms. The van der Waals surface area contributed by atoms with Crippen molar-refractivity contribution in [2.45, 2.75) is 25.7 Å². The van der Waals surface area contributed by atoms with E-state index in [9.17, 15) is 4.79 Å². The molecule has 0 N–H and O–H groups in total. The third kappa shape index (κ3) is 2.31. The van der Waals surface area contributed by atoms with Crippen molar-refractivity contribution in [2.24, 2.45) is 7.05 Å². The summed E-state index contributed by atoms with van der Waals surface area (Å²) < 4.78 is 14.5. The molecular weight excluding hydrogens is 244 g/mol. The lowest BCUT2D eigenvalue weighted by molar-refractivity contribution is -0.182. The summed E-state index contributed by atoms with van der Waals surface area (Å²) in [6, 6.07) is 7.82. The van der Waals surface area contributed by atoms with Crippen molar-refractivity contribution >= 4 is 11.0 Å². The topological polar surface area (TPSA) is 45.4 Å². The predicted molar refractivity (Wildman–Crippen MR) is 72.1 cm³/mol. The van der Waals surface area contributed by atoms with Gasteiger partial charge in [-0.25, -0.2) is 4.79 Å². The van der Waals surface area contributed by atoms with Gasteiger partial charge in [0.05, 0.1) is 24.2 Å². The maximum absolute atomic E-state index is 12.2. The van der Waals surface area contributed by atoms with Gasteiger partial charge in [0, 0.05) is 20.0 Å². The first kappa shape index (κ1) is 12.4. The minimum absolute atomic E-state index is 0.0111. The van der Waals surface area contributed by atoms with Crippen molar-refractivity contribution in [3.63, 3.8) is 0 Å². The zero-order chi connectivity index (χ0) is 13.2. The second-order valence-electron chi connectivity index (χ2n) is 4.80. The van der Waals surface area contributed by atoms with Gasteiger partial charge in [-0.1, -0.05) is 12.1 Å². The molecule has 102 valence electrons. The molecule has 5 heteroatoms. The molecule has 2 aromatic rings. The van der Waals surface area contributed by atoms with Gasteiger partial charge in [0.1, 0.15) is 0 Å². The number of fused-ring (bicyclic) bond motifs is 1. The predicted octanol–water partition coefficient (Wildman–Crippen LogP) is 1.49. The zero-order valence-electron chi connectivity index (χ0n) is 11.0. The van der Waals surface area contributed by atoms with Gasteiger partial charge in [-0.15, -0.1) is 0 Å². The van der Waals surface area contributed by atoms with Crippen LogP contribution in [0.25, 0.3) is 11.0 Å². The summed E-state index contributed by atoms with van der Waals surface area (Å²) in [5, 5.41) is 0. The van der Waals surface area contributed by atoms with Crippen molar-refractivity contribution in [1.82, 2.24) is 9.13 Å². The number of rotatable bonds is 3. The van der Waals surface area contributed by atoms with E-state index in [1.807, 2.05) is 24.3 Å². The Balaban J connectivity index is 1.84. The molecule has 1 aliphatic heterocycles. The molecule has 0 saturated carbocycles. The van der Waals surface area contributed by atoms with Gasteiger partial charge in [0.2, 0.25) is 0 Å².